The lowest BCUT2D eigenvalue weighted by atomic mass is 10.1. The molecule has 3 rings (SSSR count). The second kappa shape index (κ2) is 14.0. The summed E-state index contributed by atoms with van der Waals surface area (Å²) in [5.41, 5.74) is 3.05. The van der Waals surface area contributed by atoms with Gasteiger partial charge >= 0.3 is 0 Å². The molecule has 0 bridgehead atoms. The van der Waals surface area contributed by atoms with E-state index < -0.39 is 28.5 Å². The van der Waals surface area contributed by atoms with Crippen LogP contribution in [0.5, 0.6) is 5.75 Å². The number of aryl methyl sites for hydroxylation is 2. The van der Waals surface area contributed by atoms with Crippen molar-refractivity contribution in [3.05, 3.63) is 89.5 Å². The molecular weight excluding hydrogens is 526 g/mol. The number of amides is 2. The first kappa shape index (κ1) is 30.7. The maximum atomic E-state index is 14.1. The minimum atomic E-state index is -4.17. The van der Waals surface area contributed by atoms with Crippen LogP contribution in [-0.2, 0) is 26.2 Å². The van der Waals surface area contributed by atoms with Crippen molar-refractivity contribution in [1.82, 2.24) is 10.2 Å². The van der Waals surface area contributed by atoms with Crippen LogP contribution in [0.15, 0.2) is 77.7 Å². The van der Waals surface area contributed by atoms with Gasteiger partial charge in [-0.2, -0.15) is 0 Å². The van der Waals surface area contributed by atoms with Crippen molar-refractivity contribution < 1.29 is 22.7 Å². The van der Waals surface area contributed by atoms with Crippen molar-refractivity contribution in [2.45, 2.75) is 58.0 Å². The third kappa shape index (κ3) is 7.41. The monoisotopic (exact) mass is 565 g/mol. The van der Waals surface area contributed by atoms with Gasteiger partial charge in [0.2, 0.25) is 11.8 Å². The standard InChI is InChI=1S/C31H39N3O5S/c1-6-20-32-31(36)27(7-2)33(21-25-16-12-23(3)13-17-25)30(35)22-34(28-10-8-9-11-29(28)39-5)40(37,38)26-18-14-24(4)15-19-26/h8-19,27H,6-7,20-22H2,1-5H3,(H,32,36). The second-order valence-electron chi connectivity index (χ2n) is 9.72. The molecule has 1 atom stereocenters. The Hall–Kier alpha value is -3.85. The zero-order valence-corrected chi connectivity index (χ0v) is 24.7. The minimum absolute atomic E-state index is 0.0506. The molecule has 3 aromatic rings. The summed E-state index contributed by atoms with van der Waals surface area (Å²) in [4.78, 5) is 28.8. The molecule has 0 saturated heterocycles. The van der Waals surface area contributed by atoms with E-state index in [1.54, 1.807) is 36.4 Å². The van der Waals surface area contributed by atoms with E-state index in [0.717, 1.165) is 27.4 Å². The number of sulfonamides is 1. The molecule has 3 aromatic carbocycles. The van der Waals surface area contributed by atoms with Gasteiger partial charge in [0.1, 0.15) is 18.3 Å². The number of rotatable bonds is 13. The molecule has 40 heavy (non-hydrogen) atoms. The van der Waals surface area contributed by atoms with E-state index in [1.807, 2.05) is 52.0 Å². The normalized spacial score (nSPS) is 11.9. The van der Waals surface area contributed by atoms with Gasteiger partial charge in [-0.1, -0.05) is 73.5 Å². The van der Waals surface area contributed by atoms with Gasteiger partial charge in [-0.25, -0.2) is 8.42 Å². The maximum Gasteiger partial charge on any atom is 0.264 e. The number of benzene rings is 3. The van der Waals surface area contributed by atoms with Crippen molar-refractivity contribution in [2.24, 2.45) is 0 Å². The molecule has 1 unspecified atom stereocenters. The summed E-state index contributed by atoms with van der Waals surface area (Å²) in [6.45, 7) is 7.76. The van der Waals surface area contributed by atoms with Gasteiger partial charge in [-0.3, -0.25) is 13.9 Å². The van der Waals surface area contributed by atoms with Crippen LogP contribution in [0.4, 0.5) is 5.69 Å². The number of para-hydroxylation sites is 2. The van der Waals surface area contributed by atoms with Gasteiger partial charge in [-0.05, 0) is 56.5 Å². The Morgan fingerprint density at radius 2 is 1.50 bits per heavy atom. The summed E-state index contributed by atoms with van der Waals surface area (Å²) in [6, 6.07) is 20.1. The van der Waals surface area contributed by atoms with Crippen LogP contribution < -0.4 is 14.4 Å². The first-order valence-electron chi connectivity index (χ1n) is 13.5. The number of methoxy groups -OCH3 is 1. The van der Waals surface area contributed by atoms with Crippen LogP contribution in [0.25, 0.3) is 0 Å². The Bertz CT molecular complexity index is 1390. The van der Waals surface area contributed by atoms with Gasteiger partial charge in [0.15, 0.2) is 0 Å². The first-order valence-corrected chi connectivity index (χ1v) is 14.9. The summed E-state index contributed by atoms with van der Waals surface area (Å²) in [6.07, 6.45) is 1.12. The quantitative estimate of drug-likeness (QED) is 0.320. The fourth-order valence-corrected chi connectivity index (χ4v) is 5.79. The Labute approximate surface area is 238 Å². The molecule has 0 heterocycles. The summed E-state index contributed by atoms with van der Waals surface area (Å²) in [5.74, 6) is -0.459. The number of hydrogen-bond donors (Lipinski definition) is 1. The van der Waals surface area contributed by atoms with Crippen LogP contribution in [0.2, 0.25) is 0 Å². The highest BCUT2D eigenvalue weighted by atomic mass is 32.2. The van der Waals surface area contributed by atoms with E-state index >= 15 is 0 Å². The molecule has 0 spiro atoms. The largest absolute Gasteiger partial charge is 0.495 e. The zero-order chi connectivity index (χ0) is 29.3. The molecular formula is C31H39N3O5S. The van der Waals surface area contributed by atoms with Crippen molar-refractivity contribution in [3.8, 4) is 5.75 Å². The van der Waals surface area contributed by atoms with Gasteiger partial charge in [0.25, 0.3) is 10.0 Å². The number of nitrogens with one attached hydrogen (secondary N) is 1. The predicted molar refractivity (Wildman–Crippen MR) is 158 cm³/mol. The molecule has 0 aliphatic carbocycles. The smallest absolute Gasteiger partial charge is 0.264 e. The number of hydrogen-bond acceptors (Lipinski definition) is 5. The molecule has 0 aliphatic heterocycles. The van der Waals surface area contributed by atoms with Crippen LogP contribution in [0.3, 0.4) is 0 Å². The summed E-state index contributed by atoms with van der Waals surface area (Å²) in [5, 5.41) is 2.89. The van der Waals surface area contributed by atoms with E-state index in [-0.39, 0.29) is 23.0 Å². The Balaban J connectivity index is 2.08. The molecule has 0 fully saturated rings. The van der Waals surface area contributed by atoms with Crippen molar-refractivity contribution >= 4 is 27.5 Å². The van der Waals surface area contributed by atoms with E-state index in [0.29, 0.717) is 18.7 Å². The lowest BCUT2D eigenvalue weighted by molar-refractivity contribution is -0.140. The van der Waals surface area contributed by atoms with Gasteiger partial charge in [-0.15, -0.1) is 0 Å². The van der Waals surface area contributed by atoms with Crippen molar-refractivity contribution in [2.75, 3.05) is 24.5 Å². The number of nitrogens with zero attached hydrogens (tertiary/aromatic N) is 2. The Kier molecular flexibility index (Phi) is 10.7. The highest BCUT2D eigenvalue weighted by molar-refractivity contribution is 7.92. The average molecular weight is 566 g/mol. The lowest BCUT2D eigenvalue weighted by Gasteiger charge is -2.33. The molecule has 8 nitrogen and oxygen atoms in total. The molecule has 0 saturated carbocycles. The van der Waals surface area contributed by atoms with E-state index in [4.69, 9.17) is 4.74 Å². The highest BCUT2D eigenvalue weighted by Gasteiger charge is 2.34. The molecule has 1 N–H and O–H groups in total. The van der Waals surface area contributed by atoms with E-state index in [2.05, 4.69) is 5.32 Å². The molecule has 9 heteroatoms. The number of anilines is 1. The Morgan fingerprint density at radius 3 is 2.08 bits per heavy atom. The number of ether oxygens (including phenoxy) is 1. The predicted octanol–water partition coefficient (Wildman–Crippen LogP) is 4.84. The minimum Gasteiger partial charge on any atom is -0.495 e. The summed E-state index contributed by atoms with van der Waals surface area (Å²) < 4.78 is 34.6. The van der Waals surface area contributed by atoms with Gasteiger partial charge < -0.3 is 15.0 Å². The van der Waals surface area contributed by atoms with Gasteiger partial charge in [0, 0.05) is 13.1 Å². The highest BCUT2D eigenvalue weighted by Crippen LogP contribution is 2.32. The van der Waals surface area contributed by atoms with Crippen molar-refractivity contribution in [1.29, 1.82) is 0 Å². The molecule has 0 radical (unpaired) electrons. The molecule has 214 valence electrons. The topological polar surface area (TPSA) is 96.0 Å². The van der Waals surface area contributed by atoms with Crippen molar-refractivity contribution in [3.63, 3.8) is 0 Å². The fourth-order valence-electron chi connectivity index (χ4n) is 4.36. The average Bonchev–Trinajstić information content (AvgIpc) is 2.95. The third-order valence-electron chi connectivity index (χ3n) is 6.65. The second-order valence-corrected chi connectivity index (χ2v) is 11.6. The molecule has 0 aromatic heterocycles. The molecule has 2 amide bonds. The van der Waals surface area contributed by atoms with E-state index in [9.17, 15) is 18.0 Å². The van der Waals surface area contributed by atoms with Crippen LogP contribution in [-0.4, -0.2) is 51.4 Å². The molecule has 0 aliphatic rings. The summed E-state index contributed by atoms with van der Waals surface area (Å²) >= 11 is 0. The van der Waals surface area contributed by atoms with Crippen LogP contribution in [0.1, 0.15) is 43.4 Å². The maximum absolute atomic E-state index is 14.1. The SMILES string of the molecule is CCCNC(=O)C(CC)N(Cc1ccc(C)cc1)C(=O)CN(c1ccccc1OC)S(=O)(=O)c1ccc(C)cc1. The fraction of sp³-hybridized carbons (Fsp3) is 0.355. The third-order valence-corrected chi connectivity index (χ3v) is 8.42. The number of carbonyl (C=O) groups excluding carboxylic acids is 2. The van der Waals surface area contributed by atoms with Gasteiger partial charge in [0.05, 0.1) is 17.7 Å². The lowest BCUT2D eigenvalue weighted by Crippen LogP contribution is -2.52. The number of carbonyl (C=O) groups is 2. The first-order chi connectivity index (χ1) is 19.1. The zero-order valence-electron chi connectivity index (χ0n) is 23.9. The van der Waals surface area contributed by atoms with Crippen LogP contribution in [0, 0.1) is 13.8 Å². The van der Waals surface area contributed by atoms with Crippen LogP contribution >= 0.6 is 0 Å². The Morgan fingerprint density at radius 1 is 0.900 bits per heavy atom. The summed E-state index contributed by atoms with van der Waals surface area (Å²) in [7, 11) is -2.72. The van der Waals surface area contributed by atoms with E-state index in [1.165, 1.54) is 24.1 Å².